The highest BCUT2D eigenvalue weighted by Crippen LogP contribution is 2.35. The average molecular weight is 439 g/mol. The third-order valence-electron chi connectivity index (χ3n) is 2.98. The van der Waals surface area contributed by atoms with Crippen LogP contribution in [0.4, 0.5) is 0 Å². The topological polar surface area (TPSA) is 34.1 Å². The minimum absolute atomic E-state index is 0.440. The van der Waals surface area contributed by atoms with Crippen LogP contribution in [0.2, 0.25) is 10.2 Å². The lowest BCUT2D eigenvalue weighted by molar-refractivity contribution is 0.309. The molecular formula is C15H17Cl2IN2O. The van der Waals surface area contributed by atoms with Crippen LogP contribution >= 0.6 is 45.8 Å². The van der Waals surface area contributed by atoms with Gasteiger partial charge in [-0.2, -0.15) is 0 Å². The monoisotopic (exact) mass is 438 g/mol. The molecule has 0 atom stereocenters. The fourth-order valence-electron chi connectivity index (χ4n) is 1.98. The number of rotatable bonds is 7. The number of pyridine rings is 1. The Kier molecular flexibility index (Phi) is 6.79. The minimum atomic E-state index is 0.440. The predicted octanol–water partition coefficient (Wildman–Crippen LogP) is 4.91. The summed E-state index contributed by atoms with van der Waals surface area (Å²) in [4.78, 5) is 4.36. The first-order valence-electron chi connectivity index (χ1n) is 6.91. The van der Waals surface area contributed by atoms with Crippen molar-refractivity contribution in [3.63, 3.8) is 0 Å². The minimum Gasteiger partial charge on any atom is -0.490 e. The molecule has 2 aromatic rings. The van der Waals surface area contributed by atoms with Gasteiger partial charge in [0, 0.05) is 5.39 Å². The van der Waals surface area contributed by atoms with E-state index in [2.05, 4.69) is 39.8 Å². The molecule has 1 heterocycles. The molecule has 2 rings (SSSR count). The average Bonchev–Trinajstić information content (AvgIpc) is 2.45. The second-order valence-corrected chi connectivity index (χ2v) is 6.61. The first-order chi connectivity index (χ1) is 10.1. The van der Waals surface area contributed by atoms with E-state index >= 15 is 0 Å². The standard InChI is InChI=1S/C15H17Cl2IN2O/c1-2-6-19-7-3-8-21-15-12(18)9-11(16)10-4-5-13(17)20-14(10)15/h4-5,9,19H,2-3,6-8H2,1H3. The Morgan fingerprint density at radius 2 is 2.10 bits per heavy atom. The van der Waals surface area contributed by atoms with Gasteiger partial charge in [-0.15, -0.1) is 0 Å². The maximum atomic E-state index is 6.25. The summed E-state index contributed by atoms with van der Waals surface area (Å²) in [7, 11) is 0. The van der Waals surface area contributed by atoms with Crippen LogP contribution in [0.5, 0.6) is 5.75 Å². The van der Waals surface area contributed by atoms with Gasteiger partial charge in [-0.3, -0.25) is 0 Å². The van der Waals surface area contributed by atoms with E-state index in [1.165, 1.54) is 0 Å². The molecule has 0 saturated heterocycles. The van der Waals surface area contributed by atoms with E-state index in [9.17, 15) is 0 Å². The second kappa shape index (κ2) is 8.36. The molecule has 6 heteroatoms. The smallest absolute Gasteiger partial charge is 0.158 e. The van der Waals surface area contributed by atoms with E-state index in [1.807, 2.05) is 12.1 Å². The fourth-order valence-corrected chi connectivity index (χ4v) is 3.30. The lowest BCUT2D eigenvalue weighted by Crippen LogP contribution is -2.18. The van der Waals surface area contributed by atoms with Gasteiger partial charge in [0.05, 0.1) is 15.2 Å². The molecule has 0 unspecified atom stereocenters. The Balaban J connectivity index is 2.13. The van der Waals surface area contributed by atoms with Crippen LogP contribution in [0.1, 0.15) is 19.8 Å². The van der Waals surface area contributed by atoms with E-state index in [4.69, 9.17) is 27.9 Å². The normalized spacial score (nSPS) is 11.0. The molecule has 21 heavy (non-hydrogen) atoms. The highest BCUT2D eigenvalue weighted by molar-refractivity contribution is 14.1. The zero-order valence-corrected chi connectivity index (χ0v) is 15.4. The zero-order valence-electron chi connectivity index (χ0n) is 11.8. The van der Waals surface area contributed by atoms with Gasteiger partial charge in [-0.1, -0.05) is 30.1 Å². The van der Waals surface area contributed by atoms with Gasteiger partial charge in [0.15, 0.2) is 5.75 Å². The summed E-state index contributed by atoms with van der Waals surface area (Å²) >= 11 is 14.5. The summed E-state index contributed by atoms with van der Waals surface area (Å²) in [5, 5.41) is 5.32. The number of hydrogen-bond donors (Lipinski definition) is 1. The third-order valence-corrected chi connectivity index (χ3v) is 4.30. The van der Waals surface area contributed by atoms with Crippen molar-refractivity contribution >= 4 is 56.7 Å². The molecule has 3 nitrogen and oxygen atoms in total. The van der Waals surface area contributed by atoms with Gasteiger partial charge in [0.25, 0.3) is 0 Å². The lowest BCUT2D eigenvalue weighted by atomic mass is 10.2. The van der Waals surface area contributed by atoms with E-state index in [-0.39, 0.29) is 0 Å². The van der Waals surface area contributed by atoms with E-state index < -0.39 is 0 Å². The molecule has 0 amide bonds. The Labute approximate surface area is 148 Å². The number of nitrogens with one attached hydrogen (secondary N) is 1. The van der Waals surface area contributed by atoms with Gasteiger partial charge < -0.3 is 10.1 Å². The Morgan fingerprint density at radius 1 is 1.29 bits per heavy atom. The molecule has 1 aromatic heterocycles. The summed E-state index contributed by atoms with van der Waals surface area (Å²) in [6, 6.07) is 5.50. The molecule has 1 N–H and O–H groups in total. The molecule has 0 aliphatic heterocycles. The molecule has 0 spiro atoms. The molecule has 0 aliphatic carbocycles. The number of hydrogen-bond acceptors (Lipinski definition) is 3. The van der Waals surface area contributed by atoms with Crippen molar-refractivity contribution < 1.29 is 4.74 Å². The van der Waals surface area contributed by atoms with Gasteiger partial charge in [0.2, 0.25) is 0 Å². The Morgan fingerprint density at radius 3 is 2.86 bits per heavy atom. The predicted molar refractivity (Wildman–Crippen MR) is 97.8 cm³/mol. The number of ether oxygens (including phenoxy) is 1. The van der Waals surface area contributed by atoms with Crippen molar-refractivity contribution in [2.24, 2.45) is 0 Å². The highest BCUT2D eigenvalue weighted by atomic mass is 127. The molecule has 1 aromatic carbocycles. The summed E-state index contributed by atoms with van der Waals surface area (Å²) < 4.78 is 6.86. The van der Waals surface area contributed by atoms with Crippen molar-refractivity contribution in [2.45, 2.75) is 19.8 Å². The quantitative estimate of drug-likeness (QED) is 0.378. The molecule has 0 aliphatic rings. The molecule has 0 bridgehead atoms. The van der Waals surface area contributed by atoms with Gasteiger partial charge >= 0.3 is 0 Å². The molecular weight excluding hydrogens is 422 g/mol. The van der Waals surface area contributed by atoms with Crippen molar-refractivity contribution in [2.75, 3.05) is 19.7 Å². The summed E-state index contributed by atoms with van der Waals surface area (Å²) in [6.07, 6.45) is 2.09. The largest absolute Gasteiger partial charge is 0.490 e. The van der Waals surface area contributed by atoms with Crippen LogP contribution in [0.3, 0.4) is 0 Å². The van der Waals surface area contributed by atoms with Gasteiger partial charge in [0.1, 0.15) is 10.7 Å². The van der Waals surface area contributed by atoms with Crippen molar-refractivity contribution in [3.8, 4) is 5.75 Å². The summed E-state index contributed by atoms with van der Waals surface area (Å²) in [5.74, 6) is 0.757. The van der Waals surface area contributed by atoms with Gasteiger partial charge in [-0.25, -0.2) is 4.98 Å². The second-order valence-electron chi connectivity index (χ2n) is 4.65. The first kappa shape index (κ1) is 17.1. The molecule has 0 radical (unpaired) electrons. The number of nitrogens with zero attached hydrogens (tertiary/aromatic N) is 1. The van der Waals surface area contributed by atoms with Crippen LogP contribution in [0.15, 0.2) is 18.2 Å². The maximum absolute atomic E-state index is 6.25. The number of halogens is 3. The van der Waals surface area contributed by atoms with E-state index in [1.54, 1.807) is 6.07 Å². The summed E-state index contributed by atoms with van der Waals surface area (Å²) in [5.41, 5.74) is 0.723. The molecule has 0 saturated carbocycles. The SMILES string of the molecule is CCCNCCCOc1c(I)cc(Cl)c2ccc(Cl)nc12. The first-order valence-corrected chi connectivity index (χ1v) is 8.74. The molecule has 0 fully saturated rings. The Bertz CT molecular complexity index is 622. The third kappa shape index (κ3) is 4.58. The van der Waals surface area contributed by atoms with E-state index in [0.717, 1.165) is 46.2 Å². The number of aromatic nitrogens is 1. The van der Waals surface area contributed by atoms with Crippen LogP contribution in [0.25, 0.3) is 10.9 Å². The summed E-state index contributed by atoms with van der Waals surface area (Å²) in [6.45, 7) is 4.78. The highest BCUT2D eigenvalue weighted by Gasteiger charge is 2.13. The van der Waals surface area contributed by atoms with Crippen LogP contribution in [0, 0.1) is 3.57 Å². The Hall–Kier alpha value is -0.300. The van der Waals surface area contributed by atoms with Gasteiger partial charge in [-0.05, 0) is 66.7 Å². The van der Waals surface area contributed by atoms with Crippen LogP contribution in [-0.4, -0.2) is 24.7 Å². The van der Waals surface area contributed by atoms with E-state index in [0.29, 0.717) is 16.8 Å². The maximum Gasteiger partial charge on any atom is 0.158 e. The number of fused-ring (bicyclic) bond motifs is 1. The van der Waals surface area contributed by atoms with Crippen molar-refractivity contribution in [1.29, 1.82) is 0 Å². The lowest BCUT2D eigenvalue weighted by Gasteiger charge is -2.12. The molecule has 114 valence electrons. The van der Waals surface area contributed by atoms with Crippen molar-refractivity contribution in [1.82, 2.24) is 10.3 Å². The zero-order chi connectivity index (χ0) is 15.2. The van der Waals surface area contributed by atoms with Crippen LogP contribution < -0.4 is 10.1 Å². The number of benzene rings is 1. The fraction of sp³-hybridized carbons (Fsp3) is 0.400. The van der Waals surface area contributed by atoms with Crippen molar-refractivity contribution in [3.05, 3.63) is 31.9 Å². The van der Waals surface area contributed by atoms with Crippen LogP contribution in [-0.2, 0) is 0 Å².